The van der Waals surface area contributed by atoms with Gasteiger partial charge >= 0.3 is 5.97 Å². The zero-order valence-electron chi connectivity index (χ0n) is 10.8. The number of hydrogen-bond donors (Lipinski definition) is 0. The second-order valence-corrected chi connectivity index (χ2v) is 4.78. The standard InChI is InChI=1S/C15H16O4/c1-10-13(12-7-8-17-15(12)19-10)14(16)18-9-11-5-3-2-4-6-11/h2-6,12,15H,7-9H2,1H3/t12-,15+/m0/s1. The summed E-state index contributed by atoms with van der Waals surface area (Å²) in [6.45, 7) is 2.72. The molecule has 0 N–H and O–H groups in total. The molecule has 100 valence electrons. The first-order chi connectivity index (χ1) is 9.25. The van der Waals surface area contributed by atoms with E-state index >= 15 is 0 Å². The highest BCUT2D eigenvalue weighted by Crippen LogP contribution is 2.38. The van der Waals surface area contributed by atoms with Gasteiger partial charge in [-0.1, -0.05) is 30.3 Å². The van der Waals surface area contributed by atoms with Gasteiger partial charge in [0, 0.05) is 0 Å². The molecule has 1 aromatic carbocycles. The SMILES string of the molecule is CC1=C(C(=O)OCc2ccccc2)[C@@H]2CCO[C@@H]2O1. The van der Waals surface area contributed by atoms with Crippen LogP contribution in [0.2, 0.25) is 0 Å². The van der Waals surface area contributed by atoms with E-state index in [1.54, 1.807) is 6.92 Å². The number of esters is 1. The van der Waals surface area contributed by atoms with E-state index in [4.69, 9.17) is 14.2 Å². The number of hydrogen-bond acceptors (Lipinski definition) is 4. The van der Waals surface area contributed by atoms with Gasteiger partial charge in [-0.05, 0) is 18.9 Å². The molecule has 0 amide bonds. The third kappa shape index (κ3) is 2.36. The molecule has 0 saturated carbocycles. The van der Waals surface area contributed by atoms with Gasteiger partial charge in [0.25, 0.3) is 0 Å². The fourth-order valence-corrected chi connectivity index (χ4v) is 2.55. The van der Waals surface area contributed by atoms with Crippen molar-refractivity contribution in [3.05, 3.63) is 47.2 Å². The quantitative estimate of drug-likeness (QED) is 0.783. The van der Waals surface area contributed by atoms with E-state index in [2.05, 4.69) is 0 Å². The van der Waals surface area contributed by atoms with Crippen molar-refractivity contribution in [1.29, 1.82) is 0 Å². The van der Waals surface area contributed by atoms with E-state index in [9.17, 15) is 4.79 Å². The van der Waals surface area contributed by atoms with E-state index in [-0.39, 0.29) is 24.8 Å². The number of allylic oxidation sites excluding steroid dienone is 1. The maximum absolute atomic E-state index is 12.2. The largest absolute Gasteiger partial charge is 0.468 e. The van der Waals surface area contributed by atoms with Gasteiger partial charge in [0.15, 0.2) is 0 Å². The fourth-order valence-electron chi connectivity index (χ4n) is 2.55. The summed E-state index contributed by atoms with van der Waals surface area (Å²) in [6.07, 6.45) is 0.525. The van der Waals surface area contributed by atoms with Crippen LogP contribution in [0.25, 0.3) is 0 Å². The number of carbonyl (C=O) groups excluding carboxylic acids is 1. The van der Waals surface area contributed by atoms with E-state index in [0.29, 0.717) is 17.9 Å². The van der Waals surface area contributed by atoms with Crippen LogP contribution in [0.15, 0.2) is 41.7 Å². The molecule has 4 nitrogen and oxygen atoms in total. The Morgan fingerprint density at radius 1 is 1.37 bits per heavy atom. The number of fused-ring (bicyclic) bond motifs is 1. The lowest BCUT2D eigenvalue weighted by molar-refractivity contribution is -0.141. The average molecular weight is 260 g/mol. The molecule has 2 aliphatic heterocycles. The van der Waals surface area contributed by atoms with Crippen LogP contribution >= 0.6 is 0 Å². The van der Waals surface area contributed by atoms with Crippen molar-refractivity contribution in [2.24, 2.45) is 5.92 Å². The van der Waals surface area contributed by atoms with Crippen LogP contribution in [-0.4, -0.2) is 18.9 Å². The molecule has 2 aliphatic rings. The maximum atomic E-state index is 12.2. The zero-order chi connectivity index (χ0) is 13.2. The topological polar surface area (TPSA) is 44.8 Å². The Bertz CT molecular complexity index is 506. The van der Waals surface area contributed by atoms with Crippen molar-refractivity contribution in [3.63, 3.8) is 0 Å². The molecule has 0 radical (unpaired) electrons. The van der Waals surface area contributed by atoms with Crippen molar-refractivity contribution in [3.8, 4) is 0 Å². The van der Waals surface area contributed by atoms with E-state index < -0.39 is 0 Å². The van der Waals surface area contributed by atoms with Gasteiger partial charge in [0.2, 0.25) is 6.29 Å². The Labute approximate surface area is 112 Å². The normalized spacial score (nSPS) is 25.1. The van der Waals surface area contributed by atoms with E-state index in [1.165, 1.54) is 0 Å². The molecule has 19 heavy (non-hydrogen) atoms. The summed E-state index contributed by atoms with van der Waals surface area (Å²) in [5.74, 6) is 0.371. The van der Waals surface area contributed by atoms with E-state index in [1.807, 2.05) is 30.3 Å². The number of ether oxygens (including phenoxy) is 3. The zero-order valence-corrected chi connectivity index (χ0v) is 10.8. The highest BCUT2D eigenvalue weighted by molar-refractivity contribution is 5.90. The van der Waals surface area contributed by atoms with Crippen LogP contribution in [0.3, 0.4) is 0 Å². The Morgan fingerprint density at radius 2 is 2.16 bits per heavy atom. The minimum absolute atomic E-state index is 0.0308. The molecule has 3 rings (SSSR count). The third-order valence-electron chi connectivity index (χ3n) is 3.52. The molecule has 0 unspecified atom stereocenters. The Kier molecular flexibility index (Phi) is 3.25. The lowest BCUT2D eigenvalue weighted by Crippen LogP contribution is -2.18. The Morgan fingerprint density at radius 3 is 2.95 bits per heavy atom. The third-order valence-corrected chi connectivity index (χ3v) is 3.52. The van der Waals surface area contributed by atoms with Gasteiger partial charge in [-0.15, -0.1) is 0 Å². The molecular weight excluding hydrogens is 244 g/mol. The Balaban J connectivity index is 1.66. The molecule has 1 saturated heterocycles. The molecule has 0 aliphatic carbocycles. The molecule has 0 bridgehead atoms. The highest BCUT2D eigenvalue weighted by atomic mass is 16.7. The van der Waals surface area contributed by atoms with Gasteiger partial charge in [-0.2, -0.15) is 0 Å². The Hall–Kier alpha value is -1.81. The molecule has 0 spiro atoms. The summed E-state index contributed by atoms with van der Waals surface area (Å²) in [5, 5.41) is 0. The lowest BCUT2D eigenvalue weighted by Gasteiger charge is -2.10. The molecule has 4 heteroatoms. The van der Waals surface area contributed by atoms with Gasteiger partial charge in [-0.3, -0.25) is 0 Å². The first kappa shape index (κ1) is 12.2. The van der Waals surface area contributed by atoms with Crippen LogP contribution in [0.1, 0.15) is 18.9 Å². The lowest BCUT2D eigenvalue weighted by atomic mass is 9.98. The number of benzene rings is 1. The summed E-state index contributed by atoms with van der Waals surface area (Å²) < 4.78 is 16.3. The molecule has 1 aromatic rings. The number of carbonyl (C=O) groups is 1. The van der Waals surface area contributed by atoms with Crippen LogP contribution in [0.5, 0.6) is 0 Å². The van der Waals surface area contributed by atoms with Crippen LogP contribution in [-0.2, 0) is 25.6 Å². The molecule has 1 fully saturated rings. The van der Waals surface area contributed by atoms with Crippen molar-refractivity contribution in [1.82, 2.24) is 0 Å². The predicted molar refractivity (Wildman–Crippen MR) is 67.9 cm³/mol. The minimum Gasteiger partial charge on any atom is -0.468 e. The van der Waals surface area contributed by atoms with E-state index in [0.717, 1.165) is 12.0 Å². The van der Waals surface area contributed by atoms with Crippen LogP contribution < -0.4 is 0 Å². The van der Waals surface area contributed by atoms with Gasteiger partial charge < -0.3 is 14.2 Å². The van der Waals surface area contributed by atoms with Crippen molar-refractivity contribution in [2.75, 3.05) is 6.61 Å². The van der Waals surface area contributed by atoms with Gasteiger partial charge in [0.05, 0.1) is 18.1 Å². The number of rotatable bonds is 3. The van der Waals surface area contributed by atoms with Crippen LogP contribution in [0, 0.1) is 5.92 Å². The second kappa shape index (κ2) is 5.05. The molecule has 2 heterocycles. The summed E-state index contributed by atoms with van der Waals surface area (Å²) >= 11 is 0. The van der Waals surface area contributed by atoms with Crippen molar-refractivity contribution >= 4 is 5.97 Å². The highest BCUT2D eigenvalue weighted by Gasteiger charge is 2.43. The first-order valence-corrected chi connectivity index (χ1v) is 6.46. The van der Waals surface area contributed by atoms with Crippen molar-refractivity contribution < 1.29 is 19.0 Å². The average Bonchev–Trinajstić information content (AvgIpc) is 2.97. The van der Waals surface area contributed by atoms with Gasteiger partial charge in [0.1, 0.15) is 12.4 Å². The predicted octanol–water partition coefficient (Wildman–Crippen LogP) is 2.40. The van der Waals surface area contributed by atoms with Crippen molar-refractivity contribution in [2.45, 2.75) is 26.2 Å². The summed E-state index contributed by atoms with van der Waals surface area (Å²) in [6, 6.07) is 9.64. The molecule has 2 atom stereocenters. The van der Waals surface area contributed by atoms with Gasteiger partial charge in [-0.25, -0.2) is 4.79 Å². The summed E-state index contributed by atoms with van der Waals surface area (Å²) in [5.41, 5.74) is 1.62. The summed E-state index contributed by atoms with van der Waals surface area (Å²) in [7, 11) is 0. The smallest absolute Gasteiger partial charge is 0.338 e. The summed E-state index contributed by atoms with van der Waals surface area (Å²) in [4.78, 5) is 12.2. The second-order valence-electron chi connectivity index (χ2n) is 4.78. The minimum atomic E-state index is -0.292. The fraction of sp³-hybridized carbons (Fsp3) is 0.400. The molecule has 0 aromatic heterocycles. The maximum Gasteiger partial charge on any atom is 0.338 e. The monoisotopic (exact) mass is 260 g/mol. The first-order valence-electron chi connectivity index (χ1n) is 6.46. The molecular formula is C15H16O4. The van der Waals surface area contributed by atoms with Crippen LogP contribution in [0.4, 0.5) is 0 Å².